The molecule has 4 saturated carbocycles. The van der Waals surface area contributed by atoms with Gasteiger partial charge in [0, 0.05) is 19.1 Å². The molecule has 0 aromatic heterocycles. The second-order valence-corrected chi connectivity index (χ2v) is 7.35. The van der Waals surface area contributed by atoms with Crippen LogP contribution < -0.4 is 5.73 Å². The van der Waals surface area contributed by atoms with Gasteiger partial charge in [0.05, 0.1) is 5.41 Å². The summed E-state index contributed by atoms with van der Waals surface area (Å²) in [6, 6.07) is 0.217. The number of hydrogen-bond acceptors (Lipinski definition) is 2. The maximum Gasteiger partial charge on any atom is 0.229 e. The summed E-state index contributed by atoms with van der Waals surface area (Å²) < 4.78 is 0. The van der Waals surface area contributed by atoms with Crippen LogP contribution in [-0.4, -0.2) is 29.9 Å². The first-order valence-electron chi connectivity index (χ1n) is 7.72. The highest BCUT2D eigenvalue weighted by Crippen LogP contribution is 2.65. The van der Waals surface area contributed by atoms with Crippen molar-refractivity contribution in [2.75, 3.05) is 13.1 Å². The van der Waals surface area contributed by atoms with Gasteiger partial charge in [0.25, 0.3) is 0 Å². The van der Waals surface area contributed by atoms with Crippen LogP contribution in [0.15, 0.2) is 0 Å². The molecule has 3 heteroatoms. The number of hydrogen-bond donors (Lipinski definition) is 1. The number of piperidine rings is 1. The van der Waals surface area contributed by atoms with Gasteiger partial charge in [-0.3, -0.25) is 4.79 Å². The second-order valence-electron chi connectivity index (χ2n) is 7.35. The van der Waals surface area contributed by atoms with Gasteiger partial charge in [-0.05, 0) is 62.7 Å². The molecule has 4 aliphatic carbocycles. The first-order valence-corrected chi connectivity index (χ1v) is 7.72. The minimum Gasteiger partial charge on any atom is -0.341 e. The Kier molecular flexibility index (Phi) is 2.33. The van der Waals surface area contributed by atoms with Gasteiger partial charge in [0.2, 0.25) is 5.91 Å². The molecule has 3 unspecified atom stereocenters. The third-order valence-electron chi connectivity index (χ3n) is 6.16. The van der Waals surface area contributed by atoms with Crippen LogP contribution in [0.1, 0.15) is 44.9 Å². The van der Waals surface area contributed by atoms with Crippen LogP contribution in [-0.2, 0) is 4.79 Å². The summed E-state index contributed by atoms with van der Waals surface area (Å²) in [5.41, 5.74) is 6.10. The molecule has 1 heterocycles. The number of likely N-dealkylation sites (tertiary alicyclic amines) is 1. The van der Waals surface area contributed by atoms with Crippen LogP contribution in [0.25, 0.3) is 0 Å². The van der Waals surface area contributed by atoms with E-state index < -0.39 is 0 Å². The molecule has 1 amide bonds. The Bertz CT molecular complexity index is 367. The van der Waals surface area contributed by atoms with Gasteiger partial charge < -0.3 is 10.6 Å². The number of rotatable bonds is 1. The lowest BCUT2D eigenvalue weighted by atomic mass is 9.74. The predicted octanol–water partition coefficient (Wildman–Crippen LogP) is 1.76. The lowest BCUT2D eigenvalue weighted by molar-refractivity contribution is -0.145. The molecular weight excluding hydrogens is 224 g/mol. The van der Waals surface area contributed by atoms with Gasteiger partial charge in [-0.2, -0.15) is 0 Å². The Morgan fingerprint density at radius 1 is 1.17 bits per heavy atom. The van der Waals surface area contributed by atoms with Gasteiger partial charge in [-0.1, -0.05) is 0 Å². The summed E-state index contributed by atoms with van der Waals surface area (Å²) in [4.78, 5) is 15.1. The zero-order chi connectivity index (χ0) is 12.3. The Balaban J connectivity index is 1.58. The largest absolute Gasteiger partial charge is 0.341 e. The fourth-order valence-electron chi connectivity index (χ4n) is 5.65. The topological polar surface area (TPSA) is 46.3 Å². The van der Waals surface area contributed by atoms with Gasteiger partial charge in [0.15, 0.2) is 0 Å². The third-order valence-corrected chi connectivity index (χ3v) is 6.16. The van der Waals surface area contributed by atoms with Crippen molar-refractivity contribution in [1.82, 2.24) is 4.90 Å². The predicted molar refractivity (Wildman–Crippen MR) is 69.8 cm³/mol. The van der Waals surface area contributed by atoms with Crippen LogP contribution in [0.2, 0.25) is 0 Å². The van der Waals surface area contributed by atoms with E-state index in [0.717, 1.165) is 37.8 Å². The number of amides is 1. The van der Waals surface area contributed by atoms with Crippen molar-refractivity contribution in [3.05, 3.63) is 0 Å². The van der Waals surface area contributed by atoms with Crippen molar-refractivity contribution in [2.45, 2.75) is 51.0 Å². The van der Waals surface area contributed by atoms with Gasteiger partial charge >= 0.3 is 0 Å². The molecule has 5 aliphatic rings. The number of nitrogens with two attached hydrogens (primary N) is 1. The highest BCUT2D eigenvalue weighted by Gasteiger charge is 2.62. The highest BCUT2D eigenvalue weighted by atomic mass is 16.2. The molecule has 0 aromatic carbocycles. The Morgan fingerprint density at radius 3 is 2.56 bits per heavy atom. The van der Waals surface area contributed by atoms with E-state index in [1.54, 1.807) is 0 Å². The molecule has 5 rings (SSSR count). The molecule has 3 atom stereocenters. The smallest absolute Gasteiger partial charge is 0.229 e. The molecule has 0 spiro atoms. The molecule has 1 saturated heterocycles. The van der Waals surface area contributed by atoms with E-state index >= 15 is 0 Å². The number of carbonyl (C=O) groups is 1. The minimum absolute atomic E-state index is 0.0602. The van der Waals surface area contributed by atoms with Crippen molar-refractivity contribution in [2.24, 2.45) is 28.9 Å². The van der Waals surface area contributed by atoms with Crippen molar-refractivity contribution in [1.29, 1.82) is 0 Å². The van der Waals surface area contributed by atoms with Crippen LogP contribution in [0.4, 0.5) is 0 Å². The van der Waals surface area contributed by atoms with Crippen molar-refractivity contribution in [3.63, 3.8) is 0 Å². The lowest BCUT2D eigenvalue weighted by Gasteiger charge is -2.39. The maximum absolute atomic E-state index is 13.0. The van der Waals surface area contributed by atoms with E-state index in [-0.39, 0.29) is 11.5 Å². The first kappa shape index (κ1) is 11.3. The van der Waals surface area contributed by atoms with Crippen LogP contribution in [0.5, 0.6) is 0 Å². The monoisotopic (exact) mass is 248 g/mol. The number of nitrogens with zero attached hydrogens (tertiary/aromatic N) is 1. The molecule has 18 heavy (non-hydrogen) atoms. The van der Waals surface area contributed by atoms with E-state index in [4.69, 9.17) is 5.73 Å². The van der Waals surface area contributed by atoms with Gasteiger partial charge in [-0.25, -0.2) is 0 Å². The second kappa shape index (κ2) is 3.72. The maximum atomic E-state index is 13.0. The molecule has 0 aromatic rings. The Labute approximate surface area is 109 Å². The van der Waals surface area contributed by atoms with Gasteiger partial charge in [-0.15, -0.1) is 0 Å². The fraction of sp³-hybridized carbons (Fsp3) is 0.933. The van der Waals surface area contributed by atoms with Crippen LogP contribution in [0.3, 0.4) is 0 Å². The van der Waals surface area contributed by atoms with Crippen molar-refractivity contribution >= 4 is 5.91 Å². The summed E-state index contributed by atoms with van der Waals surface area (Å²) in [6.45, 7) is 1.76. The first-order chi connectivity index (χ1) is 8.67. The molecule has 5 fully saturated rings. The highest BCUT2D eigenvalue weighted by molar-refractivity contribution is 5.84. The zero-order valence-electron chi connectivity index (χ0n) is 11.1. The SMILES string of the molecule is NC1CCCN(C(=O)C23CC4CC(CC2C4)C3)C1. The minimum atomic E-state index is 0.0602. The average Bonchev–Trinajstić information content (AvgIpc) is 2.74. The Hall–Kier alpha value is -0.570. The summed E-state index contributed by atoms with van der Waals surface area (Å²) >= 11 is 0. The molecule has 100 valence electrons. The van der Waals surface area contributed by atoms with Crippen molar-refractivity contribution in [3.8, 4) is 0 Å². The quantitative estimate of drug-likeness (QED) is 0.768. The zero-order valence-corrected chi connectivity index (χ0v) is 11.1. The molecule has 0 radical (unpaired) electrons. The summed E-state index contributed by atoms with van der Waals surface area (Å²) in [6.07, 6.45) is 8.65. The molecular formula is C15H24N2O. The summed E-state index contributed by atoms with van der Waals surface area (Å²) in [5, 5.41) is 0. The van der Waals surface area contributed by atoms with E-state index in [0.29, 0.717) is 11.8 Å². The molecule has 3 nitrogen and oxygen atoms in total. The standard InChI is InChI=1S/C15H24N2O/c16-13-2-1-3-17(9-13)14(18)15-7-10-4-11(8-15)6-12(15)5-10/h10-13H,1-9,16H2. The molecule has 2 N–H and O–H groups in total. The average molecular weight is 248 g/mol. The van der Waals surface area contributed by atoms with E-state index in [9.17, 15) is 4.79 Å². The van der Waals surface area contributed by atoms with E-state index in [1.807, 2.05) is 0 Å². The van der Waals surface area contributed by atoms with Crippen LogP contribution >= 0.6 is 0 Å². The normalized spacial score (nSPS) is 49.9. The lowest BCUT2D eigenvalue weighted by Crippen LogP contribution is -2.51. The summed E-state index contributed by atoms with van der Waals surface area (Å²) in [7, 11) is 0. The van der Waals surface area contributed by atoms with Crippen molar-refractivity contribution < 1.29 is 4.79 Å². The van der Waals surface area contributed by atoms with E-state index in [1.165, 1.54) is 32.1 Å². The third kappa shape index (κ3) is 1.43. The van der Waals surface area contributed by atoms with Gasteiger partial charge in [0.1, 0.15) is 0 Å². The summed E-state index contributed by atoms with van der Waals surface area (Å²) in [5.74, 6) is 2.93. The van der Waals surface area contributed by atoms with E-state index in [2.05, 4.69) is 4.90 Å². The number of carbonyl (C=O) groups excluding carboxylic acids is 1. The molecule has 4 bridgehead atoms. The van der Waals surface area contributed by atoms with Crippen LogP contribution in [0, 0.1) is 23.2 Å². The fourth-order valence-corrected chi connectivity index (χ4v) is 5.65. The Morgan fingerprint density at radius 2 is 1.89 bits per heavy atom. The molecule has 1 aliphatic heterocycles.